The number of aromatic nitrogens is 1. The van der Waals surface area contributed by atoms with E-state index >= 15 is 0 Å². The average molecular weight is 493 g/mol. The fourth-order valence-electron chi connectivity index (χ4n) is 4.86. The van der Waals surface area contributed by atoms with Crippen molar-refractivity contribution in [1.29, 1.82) is 0 Å². The zero-order valence-electron chi connectivity index (χ0n) is 19.9. The molecule has 0 saturated carbocycles. The van der Waals surface area contributed by atoms with Crippen molar-refractivity contribution in [2.75, 3.05) is 38.2 Å². The highest BCUT2D eigenvalue weighted by atomic mass is 35.5. The van der Waals surface area contributed by atoms with Gasteiger partial charge in [0.2, 0.25) is 0 Å². The third-order valence-electron chi connectivity index (χ3n) is 6.74. The Kier molecular flexibility index (Phi) is 10.6. The largest absolute Gasteiger partial charge is 0.497 e. The van der Waals surface area contributed by atoms with Crippen molar-refractivity contribution in [1.82, 2.24) is 9.88 Å². The zero-order valence-corrected chi connectivity index (χ0v) is 21.5. The maximum absolute atomic E-state index is 11.5. The molecule has 2 atom stereocenters. The van der Waals surface area contributed by atoms with E-state index in [1.165, 1.54) is 18.6 Å². The number of fused-ring (bicyclic) bond motifs is 1. The fraction of sp³-hybridized carbons (Fsp3) is 0.615. The molecule has 1 fully saturated rings. The summed E-state index contributed by atoms with van der Waals surface area (Å²) in [5.74, 6) is 3.16. The van der Waals surface area contributed by atoms with E-state index < -0.39 is 5.97 Å². The van der Waals surface area contributed by atoms with Gasteiger partial charge < -0.3 is 14.7 Å². The number of pyridine rings is 1. The lowest BCUT2D eigenvalue weighted by Gasteiger charge is -2.38. The minimum absolute atomic E-state index is 0.224. The minimum Gasteiger partial charge on any atom is -0.497 e. The number of hydrogen-bond donors (Lipinski definition) is 1. The summed E-state index contributed by atoms with van der Waals surface area (Å²) >= 11 is 8.55. The number of halogens is 1. The Bertz CT molecular complexity index is 910. The van der Waals surface area contributed by atoms with Crippen molar-refractivity contribution in [2.45, 2.75) is 51.9 Å². The average Bonchev–Trinajstić information content (AvgIpc) is 2.80. The molecule has 2 unspecified atom stereocenters. The van der Waals surface area contributed by atoms with Crippen LogP contribution in [0.5, 0.6) is 5.75 Å². The second-order valence-electron chi connectivity index (χ2n) is 9.03. The van der Waals surface area contributed by atoms with E-state index in [1.807, 2.05) is 30.0 Å². The summed E-state index contributed by atoms with van der Waals surface area (Å²) in [5, 5.41) is 11.2. The Hall–Kier alpha value is -1.50. The van der Waals surface area contributed by atoms with Crippen LogP contribution in [0.2, 0.25) is 5.02 Å². The van der Waals surface area contributed by atoms with Crippen LogP contribution in [-0.4, -0.2) is 59.2 Å². The minimum atomic E-state index is -0.681. The number of methoxy groups -OCH3 is 1. The highest BCUT2D eigenvalue weighted by Crippen LogP contribution is 2.33. The topological polar surface area (TPSA) is 62.7 Å². The first-order valence-electron chi connectivity index (χ1n) is 12.1. The zero-order chi connectivity index (χ0) is 23.6. The molecule has 1 aliphatic rings. The number of likely N-dealkylation sites (tertiary alicyclic amines) is 1. The number of unbranched alkanes of at least 4 members (excludes halogenated alkanes) is 1. The summed E-state index contributed by atoms with van der Waals surface area (Å²) in [5.41, 5.74) is 2.03. The van der Waals surface area contributed by atoms with Crippen molar-refractivity contribution < 1.29 is 14.6 Å². The van der Waals surface area contributed by atoms with Crippen LogP contribution < -0.4 is 4.74 Å². The SMILES string of the molecule is CCCCSCCN1CCC(CCCc2c(Cl)cnc3ccc(OC)cc23)C(CC(=O)O)C1. The molecule has 5 nitrogen and oxygen atoms in total. The van der Waals surface area contributed by atoms with Crippen LogP contribution in [0.15, 0.2) is 24.4 Å². The number of aryl methyl sites for hydroxylation is 1. The van der Waals surface area contributed by atoms with Crippen molar-refractivity contribution in [2.24, 2.45) is 11.8 Å². The number of carboxylic acid groups (broad SMARTS) is 1. The highest BCUT2D eigenvalue weighted by Gasteiger charge is 2.30. The van der Waals surface area contributed by atoms with Crippen molar-refractivity contribution in [3.05, 3.63) is 35.0 Å². The van der Waals surface area contributed by atoms with Crippen LogP contribution in [0.1, 0.15) is 51.0 Å². The first-order chi connectivity index (χ1) is 16.0. The maximum Gasteiger partial charge on any atom is 0.303 e. The lowest BCUT2D eigenvalue weighted by Crippen LogP contribution is -2.42. The van der Waals surface area contributed by atoms with Gasteiger partial charge >= 0.3 is 5.97 Å². The van der Waals surface area contributed by atoms with E-state index in [4.69, 9.17) is 16.3 Å². The number of nitrogens with zero attached hydrogens (tertiary/aromatic N) is 2. The first kappa shape index (κ1) is 26.1. The Morgan fingerprint density at radius 1 is 1.30 bits per heavy atom. The van der Waals surface area contributed by atoms with Gasteiger partial charge in [-0.1, -0.05) is 24.9 Å². The molecule has 0 amide bonds. The van der Waals surface area contributed by atoms with Crippen LogP contribution in [0.3, 0.4) is 0 Å². The molecule has 1 aromatic heterocycles. The molecule has 0 aliphatic carbocycles. The molecule has 1 N–H and O–H groups in total. The summed E-state index contributed by atoms with van der Waals surface area (Å²) in [4.78, 5) is 18.5. The van der Waals surface area contributed by atoms with Gasteiger partial charge in [0.15, 0.2) is 0 Å². The van der Waals surface area contributed by atoms with Crippen molar-refractivity contribution in [3.63, 3.8) is 0 Å². The second kappa shape index (κ2) is 13.4. The van der Waals surface area contributed by atoms with Gasteiger partial charge in [0.25, 0.3) is 0 Å². The molecular weight excluding hydrogens is 456 g/mol. The molecular formula is C26H37ClN2O3S. The Balaban J connectivity index is 1.57. The summed E-state index contributed by atoms with van der Waals surface area (Å²) in [6.45, 7) is 5.27. The predicted molar refractivity (Wildman–Crippen MR) is 139 cm³/mol. The predicted octanol–water partition coefficient (Wildman–Crippen LogP) is 6.17. The molecule has 1 saturated heterocycles. The van der Waals surface area contributed by atoms with Gasteiger partial charge in [-0.25, -0.2) is 0 Å². The van der Waals surface area contributed by atoms with Crippen molar-refractivity contribution >= 4 is 40.2 Å². The van der Waals surface area contributed by atoms with Gasteiger partial charge in [-0.05, 0) is 80.0 Å². The number of hydrogen-bond acceptors (Lipinski definition) is 5. The molecule has 1 aromatic carbocycles. The summed E-state index contributed by atoms with van der Waals surface area (Å²) in [6, 6.07) is 5.89. The Morgan fingerprint density at radius 3 is 2.91 bits per heavy atom. The summed E-state index contributed by atoms with van der Waals surface area (Å²) < 4.78 is 5.39. The van der Waals surface area contributed by atoms with Gasteiger partial charge in [-0.3, -0.25) is 9.78 Å². The third kappa shape index (κ3) is 7.76. The molecule has 0 bridgehead atoms. The van der Waals surface area contributed by atoms with E-state index in [0.717, 1.165) is 73.3 Å². The lowest BCUT2D eigenvalue weighted by atomic mass is 9.80. The second-order valence-corrected chi connectivity index (χ2v) is 10.7. The van der Waals surface area contributed by atoms with E-state index in [9.17, 15) is 9.90 Å². The molecule has 7 heteroatoms. The molecule has 2 heterocycles. The highest BCUT2D eigenvalue weighted by molar-refractivity contribution is 7.99. The van der Waals surface area contributed by atoms with E-state index in [0.29, 0.717) is 10.9 Å². The van der Waals surface area contributed by atoms with Crippen LogP contribution in [0.25, 0.3) is 10.9 Å². The molecule has 33 heavy (non-hydrogen) atoms. The molecule has 0 spiro atoms. The van der Waals surface area contributed by atoms with Crippen LogP contribution in [-0.2, 0) is 11.2 Å². The first-order valence-corrected chi connectivity index (χ1v) is 13.7. The van der Waals surface area contributed by atoms with E-state index in [-0.39, 0.29) is 12.3 Å². The fourth-order valence-corrected chi connectivity index (χ4v) is 6.19. The number of benzene rings is 1. The lowest BCUT2D eigenvalue weighted by molar-refractivity contribution is -0.139. The number of carboxylic acids is 1. The van der Waals surface area contributed by atoms with E-state index in [1.54, 1.807) is 13.3 Å². The number of rotatable bonds is 13. The van der Waals surface area contributed by atoms with Gasteiger partial charge in [-0.15, -0.1) is 0 Å². The van der Waals surface area contributed by atoms with Crippen LogP contribution in [0.4, 0.5) is 0 Å². The monoisotopic (exact) mass is 492 g/mol. The van der Waals surface area contributed by atoms with Crippen LogP contribution in [0, 0.1) is 11.8 Å². The van der Waals surface area contributed by atoms with Gasteiger partial charge in [-0.2, -0.15) is 11.8 Å². The van der Waals surface area contributed by atoms with Gasteiger partial charge in [0, 0.05) is 36.8 Å². The summed E-state index contributed by atoms with van der Waals surface area (Å²) in [6.07, 6.45) is 8.47. The number of carbonyl (C=O) groups is 1. The third-order valence-corrected chi connectivity index (χ3v) is 8.12. The molecule has 182 valence electrons. The Morgan fingerprint density at radius 2 is 2.15 bits per heavy atom. The van der Waals surface area contributed by atoms with Gasteiger partial charge in [0.1, 0.15) is 5.75 Å². The quantitative estimate of drug-likeness (QED) is 0.337. The molecule has 1 aliphatic heterocycles. The molecule has 2 aromatic rings. The number of aliphatic carboxylic acids is 1. The van der Waals surface area contributed by atoms with Crippen molar-refractivity contribution in [3.8, 4) is 5.75 Å². The van der Waals surface area contributed by atoms with Crippen LogP contribution >= 0.6 is 23.4 Å². The molecule has 3 rings (SSSR count). The van der Waals surface area contributed by atoms with E-state index in [2.05, 4.69) is 16.8 Å². The number of ether oxygens (including phenoxy) is 1. The normalized spacial score (nSPS) is 19.1. The number of piperidine rings is 1. The smallest absolute Gasteiger partial charge is 0.303 e. The standard InChI is InChI=1S/C26H37ClN2O3S/c1-3-4-13-33-14-12-29-11-10-19(20(18-29)15-26(30)31)6-5-7-22-23-16-21(32-2)8-9-25(23)28-17-24(22)27/h8-9,16-17,19-20H,3-7,10-15,18H2,1-2H3,(H,30,31). The summed E-state index contributed by atoms with van der Waals surface area (Å²) in [7, 11) is 1.66. The number of thioether (sulfide) groups is 1. The molecule has 0 radical (unpaired) electrons. The maximum atomic E-state index is 11.5. The van der Waals surface area contributed by atoms with Gasteiger partial charge in [0.05, 0.1) is 17.6 Å². The Labute approximate surface area is 207 Å².